The molecule has 0 aliphatic rings. The lowest BCUT2D eigenvalue weighted by atomic mass is 10.2. The van der Waals surface area contributed by atoms with Gasteiger partial charge in [0, 0.05) is 0 Å². The van der Waals surface area contributed by atoms with Gasteiger partial charge < -0.3 is 4.74 Å². The molecule has 0 spiro atoms. The fraction of sp³-hybridized carbons (Fsp3) is 0.200. The molecule has 0 amide bonds. The Hall–Kier alpha value is -1.96. The minimum absolute atomic E-state index is 0.306. The molecule has 0 saturated carbocycles. The minimum atomic E-state index is -1.27. The summed E-state index contributed by atoms with van der Waals surface area (Å²) in [6, 6.07) is 3.69. The van der Waals surface area contributed by atoms with Gasteiger partial charge in [-0.05, 0) is 19.1 Å². The fourth-order valence-electron chi connectivity index (χ4n) is 0.909. The maximum absolute atomic E-state index is 13.1. The Kier molecular flexibility index (Phi) is 3.34. The van der Waals surface area contributed by atoms with E-state index < -0.39 is 17.2 Å². The number of halogens is 2. The summed E-state index contributed by atoms with van der Waals surface area (Å²) < 4.78 is 30.9. The average molecular weight is 211 g/mol. The van der Waals surface area contributed by atoms with Gasteiger partial charge in [0.1, 0.15) is 12.7 Å². The number of Topliss-reactive ketones (excluding diaryl/α,β-unsaturated/α-hetero) is 1. The smallest absolute Gasteiger partial charge is 0.202 e. The first-order chi connectivity index (χ1) is 7.06. The summed E-state index contributed by atoms with van der Waals surface area (Å²) in [6.07, 6.45) is 0. The van der Waals surface area contributed by atoms with Crippen LogP contribution in [0, 0.1) is 23.0 Å². The van der Waals surface area contributed by atoms with Gasteiger partial charge in [-0.3, -0.25) is 4.79 Å². The van der Waals surface area contributed by atoms with Crippen molar-refractivity contribution in [2.24, 2.45) is 0 Å². The maximum atomic E-state index is 13.1. The largest absolute Gasteiger partial charge is 0.483 e. The molecule has 0 aromatic heterocycles. The molecule has 0 aliphatic carbocycles. The first-order valence-corrected chi connectivity index (χ1v) is 4.06. The number of carbonyl (C=O) groups is 1. The summed E-state index contributed by atoms with van der Waals surface area (Å²) in [5.41, 5.74) is -0.400. The molecule has 0 saturated heterocycles. The van der Waals surface area contributed by atoms with E-state index in [1.807, 2.05) is 0 Å². The quantitative estimate of drug-likeness (QED) is 0.765. The molecule has 1 aromatic carbocycles. The topological polar surface area (TPSA) is 50.1 Å². The zero-order valence-corrected chi connectivity index (χ0v) is 7.88. The van der Waals surface area contributed by atoms with Crippen LogP contribution in [-0.4, -0.2) is 12.4 Å². The number of ketones is 1. The highest BCUT2D eigenvalue weighted by Gasteiger charge is 2.14. The first-order valence-electron chi connectivity index (χ1n) is 4.06. The van der Waals surface area contributed by atoms with Crippen molar-refractivity contribution in [3.05, 3.63) is 29.3 Å². The monoisotopic (exact) mass is 211 g/mol. The van der Waals surface area contributed by atoms with Crippen molar-refractivity contribution in [3.63, 3.8) is 0 Å². The number of ether oxygens (including phenoxy) is 1. The van der Waals surface area contributed by atoms with E-state index in [1.165, 1.54) is 13.0 Å². The van der Waals surface area contributed by atoms with Crippen molar-refractivity contribution >= 4 is 5.78 Å². The second-order valence-corrected chi connectivity index (χ2v) is 2.84. The number of carbonyl (C=O) groups excluding carboxylic acids is 1. The number of hydrogen-bond acceptors (Lipinski definition) is 3. The van der Waals surface area contributed by atoms with E-state index in [9.17, 15) is 13.6 Å². The number of rotatable bonds is 3. The molecule has 0 atom stereocenters. The van der Waals surface area contributed by atoms with Crippen LogP contribution in [0.2, 0.25) is 0 Å². The molecule has 0 unspecified atom stereocenters. The van der Waals surface area contributed by atoms with Gasteiger partial charge in [0.05, 0.1) is 5.56 Å². The van der Waals surface area contributed by atoms with Crippen LogP contribution in [-0.2, 0) is 4.79 Å². The highest BCUT2D eigenvalue weighted by molar-refractivity contribution is 5.77. The Morgan fingerprint density at radius 3 is 2.67 bits per heavy atom. The third-order valence-corrected chi connectivity index (χ3v) is 1.60. The summed E-state index contributed by atoms with van der Waals surface area (Å²) >= 11 is 0. The van der Waals surface area contributed by atoms with Crippen LogP contribution in [0.1, 0.15) is 12.5 Å². The van der Waals surface area contributed by atoms with Crippen LogP contribution >= 0.6 is 0 Å². The van der Waals surface area contributed by atoms with Gasteiger partial charge in [0.15, 0.2) is 17.3 Å². The summed E-state index contributed by atoms with van der Waals surface area (Å²) in [6.45, 7) is 0.931. The van der Waals surface area contributed by atoms with Gasteiger partial charge in [-0.1, -0.05) is 0 Å². The van der Waals surface area contributed by atoms with Crippen molar-refractivity contribution < 1.29 is 18.3 Å². The van der Waals surface area contributed by atoms with Crippen molar-refractivity contribution in [2.45, 2.75) is 6.92 Å². The number of nitriles is 1. The zero-order chi connectivity index (χ0) is 11.4. The number of hydrogen-bond donors (Lipinski definition) is 0. The summed E-state index contributed by atoms with van der Waals surface area (Å²) in [7, 11) is 0. The van der Waals surface area contributed by atoms with Crippen molar-refractivity contribution in [1.82, 2.24) is 0 Å². The highest BCUT2D eigenvalue weighted by Crippen LogP contribution is 2.22. The maximum Gasteiger partial charge on any atom is 0.202 e. The molecule has 0 aliphatic heterocycles. The van der Waals surface area contributed by atoms with Crippen LogP contribution < -0.4 is 4.74 Å². The molecule has 3 nitrogen and oxygen atoms in total. The SMILES string of the molecule is CC(=O)COc1ccc(C#N)c(F)c1F. The molecule has 5 heteroatoms. The van der Waals surface area contributed by atoms with Gasteiger partial charge in [-0.25, -0.2) is 4.39 Å². The van der Waals surface area contributed by atoms with Crippen molar-refractivity contribution in [1.29, 1.82) is 5.26 Å². The minimum Gasteiger partial charge on any atom is -0.483 e. The van der Waals surface area contributed by atoms with Gasteiger partial charge in [0.2, 0.25) is 5.82 Å². The molecule has 0 bridgehead atoms. The predicted molar refractivity (Wildman–Crippen MR) is 47.2 cm³/mol. The molecule has 0 N–H and O–H groups in total. The molecule has 1 aromatic rings. The van der Waals surface area contributed by atoms with E-state index in [0.717, 1.165) is 12.1 Å². The lowest BCUT2D eigenvalue weighted by molar-refractivity contribution is -0.118. The van der Waals surface area contributed by atoms with Gasteiger partial charge in [-0.2, -0.15) is 9.65 Å². The summed E-state index contributed by atoms with van der Waals surface area (Å²) in [5, 5.41) is 8.40. The molecule has 0 fully saturated rings. The highest BCUT2D eigenvalue weighted by atomic mass is 19.2. The van der Waals surface area contributed by atoms with Crippen LogP contribution in [0.3, 0.4) is 0 Å². The van der Waals surface area contributed by atoms with Crippen LogP contribution in [0.25, 0.3) is 0 Å². The lowest BCUT2D eigenvalue weighted by Gasteiger charge is -2.05. The van der Waals surface area contributed by atoms with Gasteiger partial charge in [0.25, 0.3) is 0 Å². The van der Waals surface area contributed by atoms with E-state index in [4.69, 9.17) is 10.00 Å². The van der Waals surface area contributed by atoms with Crippen LogP contribution in [0.4, 0.5) is 8.78 Å². The third-order valence-electron chi connectivity index (χ3n) is 1.60. The predicted octanol–water partition coefficient (Wildman–Crippen LogP) is 1.80. The summed E-state index contributed by atoms with van der Waals surface area (Å²) in [4.78, 5) is 10.5. The molecular formula is C10H7F2NO2. The average Bonchev–Trinajstić information content (AvgIpc) is 2.20. The van der Waals surface area contributed by atoms with Crippen LogP contribution in [0.15, 0.2) is 12.1 Å². The summed E-state index contributed by atoms with van der Waals surface area (Å²) in [5.74, 6) is -3.20. The molecule has 0 radical (unpaired) electrons. The van der Waals surface area contributed by atoms with E-state index >= 15 is 0 Å². The Labute approximate surface area is 84.9 Å². The van der Waals surface area contributed by atoms with Crippen molar-refractivity contribution in [3.8, 4) is 11.8 Å². The number of benzene rings is 1. The Morgan fingerprint density at radius 1 is 1.47 bits per heavy atom. The van der Waals surface area contributed by atoms with Gasteiger partial charge >= 0.3 is 0 Å². The van der Waals surface area contributed by atoms with E-state index in [-0.39, 0.29) is 18.1 Å². The standard InChI is InChI=1S/C10H7F2NO2/c1-6(14)5-15-8-3-2-7(4-13)9(11)10(8)12/h2-3H,5H2,1H3. The molecule has 1 rings (SSSR count). The Morgan fingerprint density at radius 2 is 2.13 bits per heavy atom. The Bertz CT molecular complexity index is 438. The lowest BCUT2D eigenvalue weighted by Crippen LogP contribution is -2.08. The molecule has 78 valence electrons. The fourth-order valence-corrected chi connectivity index (χ4v) is 0.909. The normalized spacial score (nSPS) is 9.47. The second-order valence-electron chi connectivity index (χ2n) is 2.84. The molecule has 15 heavy (non-hydrogen) atoms. The van der Waals surface area contributed by atoms with Crippen molar-refractivity contribution in [2.75, 3.05) is 6.61 Å². The molecular weight excluding hydrogens is 204 g/mol. The van der Waals surface area contributed by atoms with E-state index in [1.54, 1.807) is 0 Å². The van der Waals surface area contributed by atoms with Crippen LogP contribution in [0.5, 0.6) is 5.75 Å². The van der Waals surface area contributed by atoms with E-state index in [0.29, 0.717) is 0 Å². The Balaban J connectivity index is 2.98. The molecule has 0 heterocycles. The zero-order valence-electron chi connectivity index (χ0n) is 7.88. The number of nitrogens with zero attached hydrogens (tertiary/aromatic N) is 1. The third kappa shape index (κ3) is 2.50. The van der Waals surface area contributed by atoms with E-state index in [2.05, 4.69) is 0 Å². The first kappa shape index (κ1) is 11.1. The second kappa shape index (κ2) is 4.51. The van der Waals surface area contributed by atoms with Gasteiger partial charge in [-0.15, -0.1) is 0 Å².